The third-order valence-corrected chi connectivity index (χ3v) is 6.58. The number of ether oxygens (including phenoxy) is 2. The van der Waals surface area contributed by atoms with E-state index in [2.05, 4.69) is 5.32 Å². The molecule has 0 saturated carbocycles. The van der Waals surface area contributed by atoms with Gasteiger partial charge in [0.1, 0.15) is 18.2 Å². The van der Waals surface area contributed by atoms with Crippen LogP contribution in [0, 0.1) is 11.7 Å². The molecular formula is C28H37FN4O5. The fourth-order valence-electron chi connectivity index (χ4n) is 4.37. The second kappa shape index (κ2) is 12.8. The van der Waals surface area contributed by atoms with Gasteiger partial charge in [-0.2, -0.15) is 0 Å². The molecule has 3 atom stereocenters. The number of halogens is 1. The van der Waals surface area contributed by atoms with Gasteiger partial charge < -0.3 is 29.5 Å². The predicted molar refractivity (Wildman–Crippen MR) is 143 cm³/mol. The zero-order valence-corrected chi connectivity index (χ0v) is 22.9. The van der Waals surface area contributed by atoms with Crippen LogP contribution in [0.15, 0.2) is 42.5 Å². The van der Waals surface area contributed by atoms with Gasteiger partial charge in [0.05, 0.1) is 24.3 Å². The number of anilines is 1. The first-order valence-corrected chi connectivity index (χ1v) is 12.6. The number of carbonyl (C=O) groups excluding carboxylic acids is 3. The van der Waals surface area contributed by atoms with Crippen LogP contribution in [0.3, 0.4) is 0 Å². The fraction of sp³-hybridized carbons (Fsp3) is 0.464. The molecule has 0 bridgehead atoms. The maximum absolute atomic E-state index is 13.5. The molecule has 3 amide bonds. The number of fused-ring (bicyclic) bond motifs is 1. The normalized spacial score (nSPS) is 20.7. The van der Waals surface area contributed by atoms with E-state index >= 15 is 0 Å². The Balaban J connectivity index is 1.93. The molecule has 206 valence electrons. The number of likely N-dealkylation sites (N-methyl/N-ethyl adjacent to an activating group) is 2. The van der Waals surface area contributed by atoms with Crippen LogP contribution in [0.5, 0.6) is 5.75 Å². The van der Waals surface area contributed by atoms with Gasteiger partial charge in [0.25, 0.3) is 11.8 Å². The van der Waals surface area contributed by atoms with Gasteiger partial charge in [0.15, 0.2) is 0 Å². The van der Waals surface area contributed by atoms with Crippen LogP contribution >= 0.6 is 0 Å². The van der Waals surface area contributed by atoms with Gasteiger partial charge >= 0.3 is 0 Å². The number of nitrogens with zero attached hydrogens (tertiary/aromatic N) is 3. The number of hydrogen-bond acceptors (Lipinski definition) is 6. The summed E-state index contributed by atoms with van der Waals surface area (Å²) in [4.78, 5) is 44.4. The van der Waals surface area contributed by atoms with Crippen LogP contribution in [0.25, 0.3) is 0 Å². The summed E-state index contributed by atoms with van der Waals surface area (Å²) in [5.41, 5.74) is 0.945. The third kappa shape index (κ3) is 7.29. The molecule has 0 spiro atoms. The Hall–Kier alpha value is -3.50. The van der Waals surface area contributed by atoms with Crippen LogP contribution < -0.4 is 10.1 Å². The monoisotopic (exact) mass is 528 g/mol. The average Bonchev–Trinajstić information content (AvgIpc) is 2.87. The van der Waals surface area contributed by atoms with Crippen molar-refractivity contribution in [3.63, 3.8) is 0 Å². The summed E-state index contributed by atoms with van der Waals surface area (Å²) < 4.78 is 25.1. The van der Waals surface area contributed by atoms with Crippen molar-refractivity contribution >= 4 is 23.4 Å². The molecule has 10 heteroatoms. The summed E-state index contributed by atoms with van der Waals surface area (Å²) in [7, 11) is 6.97. The maximum atomic E-state index is 13.5. The standard InChI is InChI=1S/C28H37FN4O5/c1-18-14-33(26(34)16-31(3)4)19(2)17-38-24-12-11-22(30-27(35)20-7-9-21(29)10-8-20)13-23(24)28(36)32(5)15-25(18)37-6/h7-13,18-19,25H,14-17H2,1-6H3,(H,30,35)/t18-,19+,25-/m1/s1. The van der Waals surface area contributed by atoms with E-state index in [4.69, 9.17) is 9.47 Å². The van der Waals surface area contributed by atoms with Crippen LogP contribution in [0.2, 0.25) is 0 Å². The largest absolute Gasteiger partial charge is 0.491 e. The van der Waals surface area contributed by atoms with Gasteiger partial charge in [-0.1, -0.05) is 6.92 Å². The van der Waals surface area contributed by atoms with Crippen molar-refractivity contribution in [1.82, 2.24) is 14.7 Å². The molecule has 0 unspecified atom stereocenters. The van der Waals surface area contributed by atoms with Gasteiger partial charge in [-0.3, -0.25) is 14.4 Å². The quantitative estimate of drug-likeness (QED) is 0.642. The second-order valence-electron chi connectivity index (χ2n) is 10.1. The first kappa shape index (κ1) is 29.1. The van der Waals surface area contributed by atoms with E-state index in [-0.39, 0.29) is 54.2 Å². The predicted octanol–water partition coefficient (Wildman–Crippen LogP) is 2.97. The van der Waals surface area contributed by atoms with Crippen molar-refractivity contribution in [3.05, 3.63) is 59.4 Å². The lowest BCUT2D eigenvalue weighted by atomic mass is 10.0. The SMILES string of the molecule is CO[C@@H]1CN(C)C(=O)c2cc(NC(=O)c3ccc(F)cc3)ccc2OC[C@H](C)N(C(=O)CN(C)C)C[C@H]1C. The van der Waals surface area contributed by atoms with Crippen molar-refractivity contribution in [2.24, 2.45) is 5.92 Å². The van der Waals surface area contributed by atoms with E-state index in [0.717, 1.165) is 0 Å². The summed E-state index contributed by atoms with van der Waals surface area (Å²) in [5.74, 6) is -0.891. The maximum Gasteiger partial charge on any atom is 0.257 e. The number of methoxy groups -OCH3 is 1. The van der Waals surface area contributed by atoms with Gasteiger partial charge in [-0.25, -0.2) is 4.39 Å². The van der Waals surface area contributed by atoms with Gasteiger partial charge in [-0.05, 0) is 63.5 Å². The molecule has 0 radical (unpaired) electrons. The lowest BCUT2D eigenvalue weighted by molar-refractivity contribution is -0.136. The van der Waals surface area contributed by atoms with Gasteiger partial charge in [0.2, 0.25) is 5.91 Å². The highest BCUT2D eigenvalue weighted by Gasteiger charge is 2.30. The van der Waals surface area contributed by atoms with Crippen LogP contribution in [-0.4, -0.2) is 99.1 Å². The lowest BCUT2D eigenvalue weighted by Crippen LogP contribution is -2.50. The summed E-state index contributed by atoms with van der Waals surface area (Å²) in [6.07, 6.45) is -0.309. The van der Waals surface area contributed by atoms with Gasteiger partial charge in [0, 0.05) is 44.4 Å². The minimum absolute atomic E-state index is 0.0200. The number of benzene rings is 2. The van der Waals surface area contributed by atoms with E-state index < -0.39 is 11.7 Å². The number of hydrogen-bond donors (Lipinski definition) is 1. The molecule has 0 saturated heterocycles. The van der Waals surface area contributed by atoms with Gasteiger partial charge in [-0.15, -0.1) is 0 Å². The lowest BCUT2D eigenvalue weighted by Gasteiger charge is -2.36. The molecule has 2 aromatic rings. The van der Waals surface area contributed by atoms with E-state index in [9.17, 15) is 18.8 Å². The molecule has 0 fully saturated rings. The molecule has 1 N–H and O–H groups in total. The molecular weight excluding hydrogens is 491 g/mol. The van der Waals surface area contributed by atoms with Crippen LogP contribution in [0.4, 0.5) is 10.1 Å². The fourth-order valence-corrected chi connectivity index (χ4v) is 4.37. The third-order valence-electron chi connectivity index (χ3n) is 6.58. The highest BCUT2D eigenvalue weighted by atomic mass is 19.1. The van der Waals surface area contributed by atoms with Crippen molar-refractivity contribution in [1.29, 1.82) is 0 Å². The molecule has 2 aromatic carbocycles. The number of rotatable bonds is 5. The Kier molecular flexibility index (Phi) is 9.82. The second-order valence-corrected chi connectivity index (χ2v) is 10.1. The Morgan fingerprint density at radius 3 is 2.45 bits per heavy atom. The van der Waals surface area contributed by atoms with Crippen molar-refractivity contribution in [2.45, 2.75) is 26.0 Å². The van der Waals surface area contributed by atoms with Crippen molar-refractivity contribution < 1.29 is 28.2 Å². The number of carbonyl (C=O) groups is 3. The molecule has 3 rings (SSSR count). The van der Waals surface area contributed by atoms with Crippen LogP contribution in [-0.2, 0) is 9.53 Å². The van der Waals surface area contributed by atoms with E-state index in [0.29, 0.717) is 24.5 Å². The Morgan fingerprint density at radius 1 is 1.13 bits per heavy atom. The Bertz CT molecular complexity index is 1140. The minimum atomic E-state index is -0.438. The molecule has 1 heterocycles. The average molecular weight is 529 g/mol. The summed E-state index contributed by atoms with van der Waals surface area (Å²) in [6.45, 7) is 5.11. The van der Waals surface area contributed by atoms with E-state index in [1.54, 1.807) is 42.2 Å². The first-order chi connectivity index (χ1) is 18.0. The Morgan fingerprint density at radius 2 is 1.82 bits per heavy atom. The van der Waals surface area contributed by atoms with Crippen molar-refractivity contribution in [2.75, 3.05) is 59.8 Å². The minimum Gasteiger partial charge on any atom is -0.491 e. The van der Waals surface area contributed by atoms with Crippen molar-refractivity contribution in [3.8, 4) is 5.75 Å². The molecule has 0 aromatic heterocycles. The van der Waals surface area contributed by atoms with E-state index in [1.807, 2.05) is 32.8 Å². The first-order valence-electron chi connectivity index (χ1n) is 12.6. The number of amides is 3. The topological polar surface area (TPSA) is 91.4 Å². The summed E-state index contributed by atoms with van der Waals surface area (Å²) >= 11 is 0. The molecule has 1 aliphatic heterocycles. The molecule has 1 aliphatic rings. The molecule has 0 aliphatic carbocycles. The zero-order valence-electron chi connectivity index (χ0n) is 22.9. The highest BCUT2D eigenvalue weighted by Crippen LogP contribution is 2.27. The summed E-state index contributed by atoms with van der Waals surface area (Å²) in [5, 5.41) is 2.76. The summed E-state index contributed by atoms with van der Waals surface area (Å²) in [6, 6.07) is 9.75. The molecule has 38 heavy (non-hydrogen) atoms. The van der Waals surface area contributed by atoms with Crippen LogP contribution in [0.1, 0.15) is 34.6 Å². The number of nitrogens with one attached hydrogen (secondary N) is 1. The zero-order chi connectivity index (χ0) is 28.0. The Labute approximate surface area is 223 Å². The molecule has 9 nitrogen and oxygen atoms in total. The van der Waals surface area contributed by atoms with E-state index in [1.165, 1.54) is 24.3 Å². The highest BCUT2D eigenvalue weighted by molar-refractivity contribution is 6.05. The smallest absolute Gasteiger partial charge is 0.257 e.